The second kappa shape index (κ2) is 10.1. The molecule has 1 fully saturated rings. The van der Waals surface area contributed by atoms with E-state index in [2.05, 4.69) is 0 Å². The Bertz CT molecular complexity index is 993. The molecule has 31 heavy (non-hydrogen) atoms. The van der Waals surface area contributed by atoms with Crippen molar-refractivity contribution in [2.45, 2.75) is 45.7 Å². The fourth-order valence-electron chi connectivity index (χ4n) is 3.53. The largest absolute Gasteiger partial charge is 0.443 e. The number of rotatable bonds is 9. The Hall–Kier alpha value is -2.71. The molecule has 0 aromatic heterocycles. The van der Waals surface area contributed by atoms with Crippen LogP contribution < -0.4 is 0 Å². The summed E-state index contributed by atoms with van der Waals surface area (Å²) in [5, 5.41) is 0. The number of hydrogen-bond acceptors (Lipinski definition) is 5. The van der Waals surface area contributed by atoms with Gasteiger partial charge in [-0.15, -0.1) is 0 Å². The van der Waals surface area contributed by atoms with Crippen molar-refractivity contribution in [1.29, 1.82) is 0 Å². The minimum absolute atomic E-state index is 0.0880. The maximum atomic E-state index is 13.1. The lowest BCUT2D eigenvalue weighted by atomic mass is 10.0. The molecule has 0 N–H and O–H groups in total. The van der Waals surface area contributed by atoms with E-state index in [0.29, 0.717) is 17.1 Å². The van der Waals surface area contributed by atoms with Gasteiger partial charge < -0.3 is 4.74 Å². The average molecular weight is 445 g/mol. The number of hydrogen-bond donors (Lipinski definition) is 0. The Balaban J connectivity index is 1.69. The molecule has 1 aliphatic heterocycles. The summed E-state index contributed by atoms with van der Waals surface area (Å²) in [5.41, 5.74) is 1.77. The van der Waals surface area contributed by atoms with Crippen molar-refractivity contribution in [2.24, 2.45) is 5.92 Å². The maximum absolute atomic E-state index is 13.1. The fraction of sp³-hybridized carbons (Fsp3) is 0.391. The minimum atomic E-state index is -4.09. The second-order valence-electron chi connectivity index (χ2n) is 8.00. The van der Waals surface area contributed by atoms with Gasteiger partial charge in [0.1, 0.15) is 6.04 Å². The van der Waals surface area contributed by atoms with Crippen LogP contribution in [0.2, 0.25) is 0 Å². The third-order valence-corrected chi connectivity index (χ3v) is 6.95. The summed E-state index contributed by atoms with van der Waals surface area (Å²) in [6, 6.07) is 17.8. The molecule has 1 saturated heterocycles. The number of amides is 1. The molecule has 0 unspecified atom stereocenters. The molecule has 1 heterocycles. The molecule has 0 spiro atoms. The minimum Gasteiger partial charge on any atom is -0.443 e. The number of nitrogens with zero attached hydrogens (tertiary/aromatic N) is 2. The third kappa shape index (κ3) is 5.71. The summed E-state index contributed by atoms with van der Waals surface area (Å²) in [6.45, 7) is 3.36. The molecule has 1 amide bonds. The summed E-state index contributed by atoms with van der Waals surface area (Å²) in [4.78, 5) is 25.1. The van der Waals surface area contributed by atoms with Crippen LogP contribution in [-0.2, 0) is 37.5 Å². The van der Waals surface area contributed by atoms with E-state index in [1.54, 1.807) is 0 Å². The number of benzene rings is 2. The predicted octanol–water partition coefficient (Wildman–Crippen LogP) is 3.12. The molecule has 1 aliphatic rings. The third-order valence-electron chi connectivity index (χ3n) is 5.13. The number of carbonyl (C=O) groups excluding carboxylic acids is 2. The van der Waals surface area contributed by atoms with Gasteiger partial charge in [-0.05, 0) is 29.9 Å². The first kappa shape index (κ1) is 23.0. The van der Waals surface area contributed by atoms with Crippen LogP contribution in [0.5, 0.6) is 0 Å². The molecular formula is C23H28N2O5S. The molecule has 1 atom stereocenters. The molecule has 8 heteroatoms. The Morgan fingerprint density at radius 2 is 1.58 bits per heavy atom. The first-order valence-corrected chi connectivity index (χ1v) is 11.8. The van der Waals surface area contributed by atoms with Gasteiger partial charge in [0.25, 0.3) is 5.91 Å². The van der Waals surface area contributed by atoms with Crippen LogP contribution in [0.25, 0.3) is 0 Å². The van der Waals surface area contributed by atoms with E-state index in [1.165, 1.54) is 4.31 Å². The molecule has 3 rings (SSSR count). The lowest BCUT2D eigenvalue weighted by molar-refractivity contribution is -0.148. The van der Waals surface area contributed by atoms with Gasteiger partial charge >= 0.3 is 16.2 Å². The monoisotopic (exact) mass is 444 g/mol. The highest BCUT2D eigenvalue weighted by molar-refractivity contribution is 7.87. The molecule has 166 valence electrons. The summed E-state index contributed by atoms with van der Waals surface area (Å²) in [6.07, 6.45) is 0.981. The average Bonchev–Trinajstić information content (AvgIpc) is 2.91. The zero-order chi connectivity index (χ0) is 22.4. The standard InChI is InChI=1S/C23H28N2O5S/c1-18(2)15-21-23(27)25(17-30-22(26)14-13-19-9-5-3-6-10-19)31(28,29)24(21)16-20-11-7-4-8-12-20/h3-12,18,21H,13-17H2,1-2H3/t21-/m0/s1. The number of carbonyl (C=O) groups is 2. The highest BCUT2D eigenvalue weighted by Crippen LogP contribution is 2.30. The zero-order valence-corrected chi connectivity index (χ0v) is 18.6. The van der Waals surface area contributed by atoms with Gasteiger partial charge in [0.2, 0.25) is 0 Å². The molecule has 0 radical (unpaired) electrons. The molecule has 0 bridgehead atoms. The van der Waals surface area contributed by atoms with Crippen molar-refractivity contribution >= 4 is 22.1 Å². The van der Waals surface area contributed by atoms with Crippen LogP contribution in [0.4, 0.5) is 0 Å². The number of aryl methyl sites for hydroxylation is 1. The Kier molecular flexibility index (Phi) is 7.46. The summed E-state index contributed by atoms with van der Waals surface area (Å²) >= 11 is 0. The first-order chi connectivity index (χ1) is 14.8. The van der Waals surface area contributed by atoms with Crippen molar-refractivity contribution < 1.29 is 22.7 Å². The van der Waals surface area contributed by atoms with Gasteiger partial charge in [-0.3, -0.25) is 9.59 Å². The maximum Gasteiger partial charge on any atom is 0.310 e. The van der Waals surface area contributed by atoms with Crippen LogP contribution in [-0.4, -0.2) is 41.7 Å². The molecule has 0 aliphatic carbocycles. The van der Waals surface area contributed by atoms with Gasteiger partial charge in [-0.25, -0.2) is 0 Å². The predicted molar refractivity (Wildman–Crippen MR) is 117 cm³/mol. The van der Waals surface area contributed by atoms with E-state index in [4.69, 9.17) is 4.74 Å². The van der Waals surface area contributed by atoms with Crippen LogP contribution in [0.1, 0.15) is 37.8 Å². The van der Waals surface area contributed by atoms with Crippen LogP contribution in [0.15, 0.2) is 60.7 Å². The summed E-state index contributed by atoms with van der Waals surface area (Å²) in [5.74, 6) is -0.981. The first-order valence-electron chi connectivity index (χ1n) is 10.4. The Morgan fingerprint density at radius 1 is 1.00 bits per heavy atom. The van der Waals surface area contributed by atoms with Crippen molar-refractivity contribution in [3.8, 4) is 0 Å². The highest BCUT2D eigenvalue weighted by atomic mass is 32.2. The number of ether oxygens (including phenoxy) is 1. The van der Waals surface area contributed by atoms with E-state index in [1.807, 2.05) is 74.5 Å². The molecule has 2 aromatic rings. The smallest absolute Gasteiger partial charge is 0.310 e. The Labute approximate surface area is 183 Å². The van der Waals surface area contributed by atoms with Crippen LogP contribution in [0, 0.1) is 5.92 Å². The molecular weight excluding hydrogens is 416 g/mol. The SMILES string of the molecule is CC(C)C[C@H]1C(=O)N(COC(=O)CCc2ccccc2)S(=O)(=O)N1Cc1ccccc1. The van der Waals surface area contributed by atoms with Gasteiger partial charge in [0, 0.05) is 13.0 Å². The van der Waals surface area contributed by atoms with Crippen molar-refractivity contribution in [1.82, 2.24) is 8.61 Å². The van der Waals surface area contributed by atoms with E-state index in [0.717, 1.165) is 11.1 Å². The zero-order valence-electron chi connectivity index (χ0n) is 17.8. The van der Waals surface area contributed by atoms with Gasteiger partial charge in [0.15, 0.2) is 6.73 Å². The van der Waals surface area contributed by atoms with E-state index in [-0.39, 0.29) is 18.9 Å². The van der Waals surface area contributed by atoms with Crippen molar-refractivity contribution in [3.05, 3.63) is 71.8 Å². The van der Waals surface area contributed by atoms with Crippen LogP contribution in [0.3, 0.4) is 0 Å². The molecule has 7 nitrogen and oxygen atoms in total. The lowest BCUT2D eigenvalue weighted by Gasteiger charge is -2.21. The molecule has 2 aromatic carbocycles. The molecule has 0 saturated carbocycles. The highest BCUT2D eigenvalue weighted by Gasteiger charge is 2.50. The Morgan fingerprint density at radius 3 is 2.16 bits per heavy atom. The van der Waals surface area contributed by atoms with Crippen LogP contribution >= 0.6 is 0 Å². The number of esters is 1. The van der Waals surface area contributed by atoms with Crippen molar-refractivity contribution in [3.63, 3.8) is 0 Å². The summed E-state index contributed by atoms with van der Waals surface area (Å²) < 4.78 is 33.3. The van der Waals surface area contributed by atoms with E-state index < -0.39 is 34.9 Å². The summed E-state index contributed by atoms with van der Waals surface area (Å²) in [7, 11) is -4.09. The lowest BCUT2D eigenvalue weighted by Crippen LogP contribution is -2.36. The van der Waals surface area contributed by atoms with E-state index in [9.17, 15) is 18.0 Å². The second-order valence-corrected chi connectivity index (χ2v) is 9.81. The van der Waals surface area contributed by atoms with Crippen molar-refractivity contribution in [2.75, 3.05) is 6.73 Å². The fourth-order valence-corrected chi connectivity index (χ4v) is 5.13. The van der Waals surface area contributed by atoms with Gasteiger partial charge in [-0.2, -0.15) is 17.0 Å². The van der Waals surface area contributed by atoms with E-state index >= 15 is 0 Å². The quantitative estimate of drug-likeness (QED) is 0.555. The topological polar surface area (TPSA) is 84.0 Å². The van der Waals surface area contributed by atoms with Gasteiger partial charge in [0.05, 0.1) is 0 Å². The van der Waals surface area contributed by atoms with Gasteiger partial charge in [-0.1, -0.05) is 74.5 Å². The normalized spacial score (nSPS) is 18.5.